The van der Waals surface area contributed by atoms with Gasteiger partial charge in [-0.3, -0.25) is 4.68 Å². The predicted molar refractivity (Wildman–Crippen MR) is 82.9 cm³/mol. The Balaban J connectivity index is 2.03. The van der Waals surface area contributed by atoms with Crippen LogP contribution in [0.4, 0.5) is 0 Å². The van der Waals surface area contributed by atoms with Gasteiger partial charge in [-0.2, -0.15) is 10.2 Å². The molecular formula is C15H26N6. The fraction of sp³-hybridized carbons (Fsp3) is 0.667. The van der Waals surface area contributed by atoms with Crippen LogP contribution in [0.5, 0.6) is 0 Å². The van der Waals surface area contributed by atoms with Gasteiger partial charge in [0.25, 0.3) is 0 Å². The van der Waals surface area contributed by atoms with Gasteiger partial charge in [0, 0.05) is 24.8 Å². The molecule has 0 aliphatic carbocycles. The van der Waals surface area contributed by atoms with E-state index in [0.717, 1.165) is 37.6 Å². The standard InChI is InChI=1S/C15H26N6/c1-5-6-16-7-14-9-20(19-13(14)4)10-15-17-11-18-21(15)8-12(2)3/h9,11-12,16H,5-8,10H2,1-4H3. The molecule has 1 N–H and O–H groups in total. The maximum absolute atomic E-state index is 4.58. The third kappa shape index (κ3) is 4.39. The van der Waals surface area contributed by atoms with Crippen molar-refractivity contribution in [3.05, 3.63) is 29.6 Å². The molecule has 2 heterocycles. The number of hydrogen-bond donors (Lipinski definition) is 1. The summed E-state index contributed by atoms with van der Waals surface area (Å²) in [5.41, 5.74) is 2.33. The summed E-state index contributed by atoms with van der Waals surface area (Å²) in [4.78, 5) is 4.35. The molecule has 0 aromatic carbocycles. The van der Waals surface area contributed by atoms with Gasteiger partial charge < -0.3 is 5.32 Å². The molecule has 2 rings (SSSR count). The molecule has 0 saturated carbocycles. The Bertz CT molecular complexity index is 554. The average molecular weight is 290 g/mol. The van der Waals surface area contributed by atoms with Gasteiger partial charge in [-0.05, 0) is 25.8 Å². The zero-order chi connectivity index (χ0) is 15.2. The molecular weight excluding hydrogens is 264 g/mol. The molecule has 0 saturated heterocycles. The van der Waals surface area contributed by atoms with Crippen LogP contribution in [-0.2, 0) is 19.6 Å². The minimum absolute atomic E-state index is 0.554. The molecule has 0 radical (unpaired) electrons. The van der Waals surface area contributed by atoms with Gasteiger partial charge in [-0.15, -0.1) is 0 Å². The first-order valence-corrected chi connectivity index (χ1v) is 7.70. The van der Waals surface area contributed by atoms with Crippen LogP contribution in [0.25, 0.3) is 0 Å². The Morgan fingerprint density at radius 3 is 2.86 bits per heavy atom. The van der Waals surface area contributed by atoms with Crippen molar-refractivity contribution in [1.29, 1.82) is 0 Å². The fourth-order valence-corrected chi connectivity index (χ4v) is 2.27. The molecule has 0 unspecified atom stereocenters. The maximum atomic E-state index is 4.58. The Hall–Kier alpha value is -1.69. The van der Waals surface area contributed by atoms with Gasteiger partial charge in [0.1, 0.15) is 18.7 Å². The summed E-state index contributed by atoms with van der Waals surface area (Å²) >= 11 is 0. The first kappa shape index (κ1) is 15.7. The second kappa shape index (κ2) is 7.36. The van der Waals surface area contributed by atoms with Crippen molar-refractivity contribution in [2.24, 2.45) is 5.92 Å². The van der Waals surface area contributed by atoms with Crippen molar-refractivity contribution < 1.29 is 0 Å². The van der Waals surface area contributed by atoms with Crippen LogP contribution in [-0.4, -0.2) is 31.1 Å². The minimum atomic E-state index is 0.554. The van der Waals surface area contributed by atoms with E-state index in [-0.39, 0.29) is 0 Å². The zero-order valence-electron chi connectivity index (χ0n) is 13.5. The molecule has 21 heavy (non-hydrogen) atoms. The van der Waals surface area contributed by atoms with Gasteiger partial charge >= 0.3 is 0 Å². The molecule has 2 aromatic heterocycles. The van der Waals surface area contributed by atoms with Gasteiger partial charge in [-0.1, -0.05) is 20.8 Å². The number of hydrogen-bond acceptors (Lipinski definition) is 4. The van der Waals surface area contributed by atoms with E-state index in [1.165, 1.54) is 5.56 Å². The number of aromatic nitrogens is 5. The van der Waals surface area contributed by atoms with Gasteiger partial charge in [0.05, 0.1) is 5.69 Å². The van der Waals surface area contributed by atoms with E-state index in [1.54, 1.807) is 6.33 Å². The number of rotatable bonds is 8. The molecule has 6 nitrogen and oxygen atoms in total. The molecule has 0 amide bonds. The lowest BCUT2D eigenvalue weighted by Crippen LogP contribution is -2.14. The molecule has 0 aliphatic rings. The summed E-state index contributed by atoms with van der Waals surface area (Å²) in [6.45, 7) is 12.1. The summed E-state index contributed by atoms with van der Waals surface area (Å²) in [6.07, 6.45) is 4.87. The van der Waals surface area contributed by atoms with E-state index in [1.807, 2.05) is 9.36 Å². The molecule has 0 bridgehead atoms. The Labute approximate surface area is 126 Å². The van der Waals surface area contributed by atoms with E-state index in [4.69, 9.17) is 0 Å². The molecule has 0 atom stereocenters. The van der Waals surface area contributed by atoms with Crippen molar-refractivity contribution in [2.45, 2.75) is 53.8 Å². The van der Waals surface area contributed by atoms with Gasteiger partial charge in [0.15, 0.2) is 0 Å². The van der Waals surface area contributed by atoms with E-state index in [9.17, 15) is 0 Å². The lowest BCUT2D eigenvalue weighted by molar-refractivity contribution is 0.456. The highest BCUT2D eigenvalue weighted by molar-refractivity contribution is 5.15. The van der Waals surface area contributed by atoms with E-state index < -0.39 is 0 Å². The van der Waals surface area contributed by atoms with Crippen molar-refractivity contribution in [3.63, 3.8) is 0 Å². The summed E-state index contributed by atoms with van der Waals surface area (Å²) in [7, 11) is 0. The minimum Gasteiger partial charge on any atom is -0.313 e. The third-order valence-corrected chi connectivity index (χ3v) is 3.33. The van der Waals surface area contributed by atoms with Crippen LogP contribution in [0.2, 0.25) is 0 Å². The van der Waals surface area contributed by atoms with Crippen LogP contribution in [0.15, 0.2) is 12.5 Å². The highest BCUT2D eigenvalue weighted by Crippen LogP contribution is 2.08. The van der Waals surface area contributed by atoms with E-state index in [2.05, 4.69) is 54.4 Å². The normalized spacial score (nSPS) is 11.5. The van der Waals surface area contributed by atoms with Crippen LogP contribution in [0, 0.1) is 12.8 Å². The quantitative estimate of drug-likeness (QED) is 0.755. The third-order valence-electron chi connectivity index (χ3n) is 3.33. The second-order valence-electron chi connectivity index (χ2n) is 5.87. The summed E-state index contributed by atoms with van der Waals surface area (Å²) in [6, 6.07) is 0. The first-order valence-electron chi connectivity index (χ1n) is 7.70. The monoisotopic (exact) mass is 290 g/mol. The number of aryl methyl sites for hydroxylation is 1. The van der Waals surface area contributed by atoms with Crippen LogP contribution < -0.4 is 5.32 Å². The highest BCUT2D eigenvalue weighted by Gasteiger charge is 2.10. The lowest BCUT2D eigenvalue weighted by Gasteiger charge is -2.08. The van der Waals surface area contributed by atoms with Crippen molar-refractivity contribution in [2.75, 3.05) is 6.54 Å². The second-order valence-corrected chi connectivity index (χ2v) is 5.87. The summed E-state index contributed by atoms with van der Waals surface area (Å²) in [5, 5.41) is 12.3. The lowest BCUT2D eigenvalue weighted by atomic mass is 10.2. The van der Waals surface area contributed by atoms with Crippen LogP contribution >= 0.6 is 0 Å². The van der Waals surface area contributed by atoms with E-state index >= 15 is 0 Å². The van der Waals surface area contributed by atoms with Crippen molar-refractivity contribution >= 4 is 0 Å². The van der Waals surface area contributed by atoms with Crippen molar-refractivity contribution in [1.82, 2.24) is 29.9 Å². The molecule has 2 aromatic rings. The number of nitrogens with zero attached hydrogens (tertiary/aromatic N) is 5. The predicted octanol–water partition coefficient (Wildman–Crippen LogP) is 1.99. The topological polar surface area (TPSA) is 60.6 Å². The van der Waals surface area contributed by atoms with Gasteiger partial charge in [-0.25, -0.2) is 9.67 Å². The van der Waals surface area contributed by atoms with Crippen LogP contribution in [0.3, 0.4) is 0 Å². The summed E-state index contributed by atoms with van der Waals surface area (Å²) in [5.74, 6) is 1.51. The molecule has 0 aliphatic heterocycles. The Kier molecular flexibility index (Phi) is 5.50. The highest BCUT2D eigenvalue weighted by atomic mass is 15.4. The molecule has 0 fully saturated rings. The van der Waals surface area contributed by atoms with Crippen molar-refractivity contribution in [3.8, 4) is 0 Å². The smallest absolute Gasteiger partial charge is 0.148 e. The SMILES string of the molecule is CCCNCc1cn(Cc2ncnn2CC(C)C)nc1C. The molecule has 116 valence electrons. The zero-order valence-corrected chi connectivity index (χ0v) is 13.5. The van der Waals surface area contributed by atoms with E-state index in [0.29, 0.717) is 12.5 Å². The van der Waals surface area contributed by atoms with Gasteiger partial charge in [0.2, 0.25) is 0 Å². The summed E-state index contributed by atoms with van der Waals surface area (Å²) < 4.78 is 3.93. The Morgan fingerprint density at radius 2 is 2.14 bits per heavy atom. The number of nitrogens with one attached hydrogen (secondary N) is 1. The first-order chi connectivity index (χ1) is 10.1. The fourth-order valence-electron chi connectivity index (χ4n) is 2.27. The molecule has 6 heteroatoms. The van der Waals surface area contributed by atoms with Crippen LogP contribution in [0.1, 0.15) is 44.3 Å². The molecule has 0 spiro atoms. The average Bonchev–Trinajstić information content (AvgIpc) is 2.98. The maximum Gasteiger partial charge on any atom is 0.148 e. The Morgan fingerprint density at radius 1 is 1.33 bits per heavy atom. The largest absolute Gasteiger partial charge is 0.313 e.